The molecule has 0 saturated carbocycles. The lowest BCUT2D eigenvalue weighted by molar-refractivity contribution is 0.102. The Balaban J connectivity index is 2.10. The van der Waals surface area contributed by atoms with Crippen molar-refractivity contribution in [3.63, 3.8) is 0 Å². The maximum absolute atomic E-state index is 13.2. The minimum absolute atomic E-state index is 0.141. The Bertz CT molecular complexity index is 1040. The van der Waals surface area contributed by atoms with E-state index in [2.05, 4.69) is 24.3 Å². The Kier molecular flexibility index (Phi) is 5.61. The van der Waals surface area contributed by atoms with Gasteiger partial charge in [-0.2, -0.15) is 5.10 Å². The number of fused-ring (bicyclic) bond motifs is 1. The fourth-order valence-electron chi connectivity index (χ4n) is 3.02. The number of nitrogens with one attached hydrogen (secondary N) is 1. The Hall–Kier alpha value is -2.60. The van der Waals surface area contributed by atoms with Crippen molar-refractivity contribution in [3.05, 3.63) is 46.2 Å². The Morgan fingerprint density at radius 3 is 2.54 bits per heavy atom. The molecule has 0 aliphatic rings. The molecule has 1 aromatic carbocycles. The highest BCUT2D eigenvalue weighted by Gasteiger charge is 2.20. The number of ether oxygens (including phenoxy) is 1. The van der Waals surface area contributed by atoms with Crippen molar-refractivity contribution in [1.82, 2.24) is 14.8 Å². The molecule has 2 heterocycles. The summed E-state index contributed by atoms with van der Waals surface area (Å²) in [5, 5.41) is 8.70. The number of anilines is 1. The second-order valence-corrected chi connectivity index (χ2v) is 7.83. The predicted octanol–water partition coefficient (Wildman–Crippen LogP) is 5.36. The average Bonchev–Trinajstić information content (AvgIpc) is 3.07. The van der Waals surface area contributed by atoms with Gasteiger partial charge in [-0.1, -0.05) is 25.4 Å². The van der Waals surface area contributed by atoms with Gasteiger partial charge in [0.15, 0.2) is 5.65 Å². The molecule has 1 amide bonds. The van der Waals surface area contributed by atoms with Crippen LogP contribution in [-0.4, -0.2) is 27.8 Å². The van der Waals surface area contributed by atoms with Gasteiger partial charge < -0.3 is 10.1 Å². The quantitative estimate of drug-likeness (QED) is 0.626. The lowest BCUT2D eigenvalue weighted by Gasteiger charge is -2.14. The van der Waals surface area contributed by atoms with Gasteiger partial charge in [0.1, 0.15) is 5.75 Å². The zero-order chi connectivity index (χ0) is 20.6. The van der Waals surface area contributed by atoms with Crippen molar-refractivity contribution in [2.24, 2.45) is 0 Å². The summed E-state index contributed by atoms with van der Waals surface area (Å²) in [7, 11) is 1.55. The molecule has 28 heavy (non-hydrogen) atoms. The minimum Gasteiger partial charge on any atom is -0.495 e. The minimum atomic E-state index is -0.238. The molecule has 148 valence electrons. The maximum atomic E-state index is 13.2. The first kappa shape index (κ1) is 20.1. The van der Waals surface area contributed by atoms with Gasteiger partial charge in [0.25, 0.3) is 5.91 Å². The first-order chi connectivity index (χ1) is 13.2. The zero-order valence-electron chi connectivity index (χ0n) is 17.0. The number of hydrogen-bond donors (Lipinski definition) is 1. The average molecular weight is 401 g/mol. The van der Waals surface area contributed by atoms with Gasteiger partial charge in [-0.25, -0.2) is 9.67 Å². The van der Waals surface area contributed by atoms with Crippen molar-refractivity contribution in [2.45, 2.75) is 46.6 Å². The summed E-state index contributed by atoms with van der Waals surface area (Å²) in [4.78, 5) is 17.9. The summed E-state index contributed by atoms with van der Waals surface area (Å²) in [6, 6.07) is 5.48. The molecule has 2 aromatic heterocycles. The summed E-state index contributed by atoms with van der Waals surface area (Å²) in [6.45, 7) is 10.1. The van der Waals surface area contributed by atoms with Crippen LogP contribution in [-0.2, 0) is 0 Å². The van der Waals surface area contributed by atoms with Gasteiger partial charge in [-0.15, -0.1) is 0 Å². The van der Waals surface area contributed by atoms with Crippen molar-refractivity contribution in [3.8, 4) is 5.75 Å². The maximum Gasteiger partial charge on any atom is 0.256 e. The second kappa shape index (κ2) is 7.80. The zero-order valence-corrected chi connectivity index (χ0v) is 17.8. The van der Waals surface area contributed by atoms with Crippen molar-refractivity contribution in [1.29, 1.82) is 0 Å². The van der Waals surface area contributed by atoms with E-state index in [0.717, 1.165) is 16.6 Å². The van der Waals surface area contributed by atoms with Crippen LogP contribution in [0.2, 0.25) is 5.02 Å². The number of methoxy groups -OCH3 is 1. The predicted molar refractivity (Wildman–Crippen MR) is 113 cm³/mol. The number of nitrogens with zero attached hydrogens (tertiary/aromatic N) is 3. The molecular formula is C21H25ClN4O2. The molecule has 0 bridgehead atoms. The molecule has 0 spiro atoms. The molecule has 0 aliphatic carbocycles. The molecule has 0 unspecified atom stereocenters. The largest absolute Gasteiger partial charge is 0.495 e. The number of carbonyl (C=O) groups excluding carboxylic acids is 1. The normalized spacial score (nSPS) is 11.5. The fraction of sp³-hybridized carbons (Fsp3) is 0.381. The Labute approximate surface area is 169 Å². The van der Waals surface area contributed by atoms with E-state index < -0.39 is 0 Å². The van der Waals surface area contributed by atoms with E-state index in [1.165, 1.54) is 0 Å². The molecule has 7 heteroatoms. The second-order valence-electron chi connectivity index (χ2n) is 7.43. The van der Waals surface area contributed by atoms with Crippen LogP contribution in [0.5, 0.6) is 5.75 Å². The van der Waals surface area contributed by atoms with E-state index in [4.69, 9.17) is 21.3 Å². The standard InChI is InChI=1S/C21H25ClN4O2/c1-11(2)17-8-14(15-10-23-26(12(3)4)20(15)24-17)21(27)25-18-7-13(5)16(22)9-19(18)28-6/h7-12H,1-6H3,(H,25,27). The van der Waals surface area contributed by atoms with Gasteiger partial charge in [0.05, 0.1) is 29.9 Å². The van der Waals surface area contributed by atoms with Crippen molar-refractivity contribution < 1.29 is 9.53 Å². The van der Waals surface area contributed by atoms with Gasteiger partial charge in [0.2, 0.25) is 0 Å². The van der Waals surface area contributed by atoms with E-state index in [-0.39, 0.29) is 17.9 Å². The molecule has 0 atom stereocenters. The SMILES string of the molecule is COc1cc(Cl)c(C)cc1NC(=O)c1cc(C(C)C)nc2c1cnn2C(C)C. The third-order valence-corrected chi connectivity index (χ3v) is 5.05. The fourth-order valence-corrected chi connectivity index (χ4v) is 3.17. The number of amides is 1. The summed E-state index contributed by atoms with van der Waals surface area (Å²) >= 11 is 6.17. The molecule has 3 rings (SSSR count). The molecule has 0 aliphatic heterocycles. The number of hydrogen-bond acceptors (Lipinski definition) is 4. The van der Waals surface area contributed by atoms with Gasteiger partial charge >= 0.3 is 0 Å². The summed E-state index contributed by atoms with van der Waals surface area (Å²) < 4.78 is 7.21. The van der Waals surface area contributed by atoms with E-state index >= 15 is 0 Å². The topological polar surface area (TPSA) is 69.0 Å². The van der Waals surface area contributed by atoms with Crippen LogP contribution < -0.4 is 10.1 Å². The Morgan fingerprint density at radius 2 is 1.93 bits per heavy atom. The van der Waals surface area contributed by atoms with E-state index in [1.807, 2.05) is 31.5 Å². The van der Waals surface area contributed by atoms with Crippen molar-refractivity contribution >= 4 is 34.2 Å². The highest BCUT2D eigenvalue weighted by molar-refractivity contribution is 6.31. The number of aromatic nitrogens is 3. The lowest BCUT2D eigenvalue weighted by Crippen LogP contribution is -2.15. The molecule has 6 nitrogen and oxygen atoms in total. The number of halogens is 1. The van der Waals surface area contributed by atoms with Gasteiger partial charge in [-0.05, 0) is 44.4 Å². The number of aryl methyl sites for hydroxylation is 1. The van der Waals surface area contributed by atoms with Gasteiger partial charge in [-0.3, -0.25) is 4.79 Å². The van der Waals surface area contributed by atoms with E-state index in [9.17, 15) is 4.79 Å². The summed E-state index contributed by atoms with van der Waals surface area (Å²) in [5.41, 5.74) is 3.52. The van der Waals surface area contributed by atoms with Crippen LogP contribution in [0.1, 0.15) is 61.3 Å². The molecule has 0 saturated heterocycles. The lowest BCUT2D eigenvalue weighted by atomic mass is 10.0. The summed E-state index contributed by atoms with van der Waals surface area (Å²) in [5.74, 6) is 0.451. The van der Waals surface area contributed by atoms with E-state index in [1.54, 1.807) is 25.4 Å². The molecule has 3 aromatic rings. The number of carbonyl (C=O) groups is 1. The molecule has 1 N–H and O–H groups in total. The molecule has 0 fully saturated rings. The third-order valence-electron chi connectivity index (χ3n) is 4.64. The number of benzene rings is 1. The third kappa shape index (κ3) is 3.69. The first-order valence-electron chi connectivity index (χ1n) is 9.26. The monoisotopic (exact) mass is 400 g/mol. The van der Waals surface area contributed by atoms with Crippen molar-refractivity contribution in [2.75, 3.05) is 12.4 Å². The molecule has 0 radical (unpaired) electrons. The van der Waals surface area contributed by atoms with Crippen LogP contribution in [0.15, 0.2) is 24.4 Å². The highest BCUT2D eigenvalue weighted by Crippen LogP contribution is 2.32. The number of rotatable bonds is 5. The van der Waals surface area contributed by atoms with E-state index in [0.29, 0.717) is 27.7 Å². The van der Waals surface area contributed by atoms with Gasteiger partial charge in [0, 0.05) is 22.8 Å². The van der Waals surface area contributed by atoms with Crippen LogP contribution >= 0.6 is 11.6 Å². The van der Waals surface area contributed by atoms with Crippen LogP contribution in [0.3, 0.4) is 0 Å². The Morgan fingerprint density at radius 1 is 1.21 bits per heavy atom. The molecular weight excluding hydrogens is 376 g/mol. The van der Waals surface area contributed by atoms with Crippen LogP contribution in [0, 0.1) is 6.92 Å². The first-order valence-corrected chi connectivity index (χ1v) is 9.64. The smallest absolute Gasteiger partial charge is 0.256 e. The highest BCUT2D eigenvalue weighted by atomic mass is 35.5. The summed E-state index contributed by atoms with van der Waals surface area (Å²) in [6.07, 6.45) is 1.70. The van der Waals surface area contributed by atoms with Crippen LogP contribution in [0.4, 0.5) is 5.69 Å². The number of pyridine rings is 1. The van der Waals surface area contributed by atoms with Crippen LogP contribution in [0.25, 0.3) is 11.0 Å².